The highest BCUT2D eigenvalue weighted by Gasteiger charge is 2.23. The zero-order valence-electron chi connectivity index (χ0n) is 9.99. The molecule has 0 saturated carbocycles. The number of rotatable bonds is 4. The Morgan fingerprint density at radius 3 is 3.06 bits per heavy atom. The van der Waals surface area contributed by atoms with Gasteiger partial charge in [0.1, 0.15) is 5.78 Å². The fourth-order valence-corrected chi connectivity index (χ4v) is 2.16. The van der Waals surface area contributed by atoms with E-state index in [0.29, 0.717) is 12.2 Å². The Hall–Kier alpha value is -1.16. The van der Waals surface area contributed by atoms with Gasteiger partial charge in [0.25, 0.3) is 0 Å². The summed E-state index contributed by atoms with van der Waals surface area (Å²) in [5.74, 6) is 0.552. The van der Waals surface area contributed by atoms with Crippen molar-refractivity contribution in [1.29, 1.82) is 0 Å². The molecule has 0 aromatic carbocycles. The van der Waals surface area contributed by atoms with E-state index in [-0.39, 0.29) is 5.92 Å². The Balaban J connectivity index is 2.02. The van der Waals surface area contributed by atoms with Crippen LogP contribution in [0.5, 0.6) is 0 Å². The number of Topliss-reactive ketones (excluding diaryl/α,β-unsaturated/α-hetero) is 1. The van der Waals surface area contributed by atoms with Crippen molar-refractivity contribution in [2.24, 2.45) is 13.0 Å². The van der Waals surface area contributed by atoms with Gasteiger partial charge in [-0.1, -0.05) is 6.92 Å². The van der Waals surface area contributed by atoms with E-state index in [9.17, 15) is 4.79 Å². The highest BCUT2D eigenvalue weighted by Crippen LogP contribution is 2.13. The number of ketones is 1. The van der Waals surface area contributed by atoms with Gasteiger partial charge in [0.15, 0.2) is 0 Å². The van der Waals surface area contributed by atoms with Crippen LogP contribution in [0.4, 0.5) is 0 Å². The highest BCUT2D eigenvalue weighted by molar-refractivity contribution is 5.83. The topological polar surface area (TPSA) is 46.9 Å². The first-order chi connectivity index (χ1) is 7.70. The average Bonchev–Trinajstić information content (AvgIpc) is 2.88. The number of hydrogen-bond acceptors (Lipinski definition) is 3. The van der Waals surface area contributed by atoms with Crippen LogP contribution in [0.2, 0.25) is 0 Å². The highest BCUT2D eigenvalue weighted by atomic mass is 16.1. The summed E-state index contributed by atoms with van der Waals surface area (Å²) in [6.45, 7) is 3.90. The van der Waals surface area contributed by atoms with Gasteiger partial charge in [-0.25, -0.2) is 0 Å². The Morgan fingerprint density at radius 2 is 2.50 bits per heavy atom. The minimum Gasteiger partial charge on any atom is -0.316 e. The van der Waals surface area contributed by atoms with E-state index < -0.39 is 0 Å². The average molecular weight is 221 g/mol. The summed E-state index contributed by atoms with van der Waals surface area (Å²) in [7, 11) is 1.91. The van der Waals surface area contributed by atoms with Crippen molar-refractivity contribution >= 4 is 5.78 Å². The second-order valence-electron chi connectivity index (χ2n) is 4.44. The third kappa shape index (κ3) is 2.32. The molecule has 1 aliphatic rings. The predicted molar refractivity (Wildman–Crippen MR) is 62.3 cm³/mol. The number of carbonyl (C=O) groups excluding carboxylic acids is 1. The fourth-order valence-electron chi connectivity index (χ4n) is 2.16. The molecule has 1 aromatic heterocycles. The molecule has 4 heteroatoms. The molecule has 2 rings (SSSR count). The van der Waals surface area contributed by atoms with E-state index in [1.165, 1.54) is 0 Å². The lowest BCUT2D eigenvalue weighted by Crippen LogP contribution is -2.20. The predicted octanol–water partition coefficient (Wildman–Crippen LogP) is 0.704. The number of aryl methyl sites for hydroxylation is 2. The number of carbonyl (C=O) groups is 1. The van der Waals surface area contributed by atoms with E-state index in [1.54, 1.807) is 0 Å². The van der Waals surface area contributed by atoms with Gasteiger partial charge >= 0.3 is 0 Å². The molecule has 1 fully saturated rings. The first-order valence-electron chi connectivity index (χ1n) is 5.96. The molecule has 0 aliphatic carbocycles. The largest absolute Gasteiger partial charge is 0.316 e. The van der Waals surface area contributed by atoms with Crippen LogP contribution in [0.15, 0.2) is 6.07 Å². The molecule has 1 aromatic rings. The molecule has 0 bridgehead atoms. The Morgan fingerprint density at radius 1 is 1.69 bits per heavy atom. The summed E-state index contributed by atoms with van der Waals surface area (Å²) < 4.78 is 1.83. The minimum absolute atomic E-state index is 0.208. The van der Waals surface area contributed by atoms with Crippen LogP contribution in [0.3, 0.4) is 0 Å². The standard InChI is InChI=1S/C12H19N3O/c1-3-10-6-11(15(2)14-10)7-12(16)9-4-5-13-8-9/h6,9,13H,3-5,7-8H2,1-2H3. The summed E-state index contributed by atoms with van der Waals surface area (Å²) in [5.41, 5.74) is 2.10. The smallest absolute Gasteiger partial charge is 0.143 e. The Bertz CT molecular complexity index is 378. The SMILES string of the molecule is CCc1cc(CC(=O)C2CCNC2)n(C)n1. The molecule has 4 nitrogen and oxygen atoms in total. The third-order valence-electron chi connectivity index (χ3n) is 3.26. The lowest BCUT2D eigenvalue weighted by Gasteiger charge is -2.06. The maximum absolute atomic E-state index is 12.0. The number of nitrogens with one attached hydrogen (secondary N) is 1. The molecule has 16 heavy (non-hydrogen) atoms. The number of nitrogens with zero attached hydrogens (tertiary/aromatic N) is 2. The van der Waals surface area contributed by atoms with Crippen molar-refractivity contribution in [3.05, 3.63) is 17.5 Å². The lowest BCUT2D eigenvalue weighted by molar-refractivity contribution is -0.121. The summed E-state index contributed by atoms with van der Waals surface area (Å²) in [4.78, 5) is 12.0. The summed E-state index contributed by atoms with van der Waals surface area (Å²) in [5, 5.41) is 7.58. The second-order valence-corrected chi connectivity index (χ2v) is 4.44. The molecule has 1 N–H and O–H groups in total. The number of aromatic nitrogens is 2. The molecule has 2 heterocycles. The van der Waals surface area contributed by atoms with Gasteiger partial charge < -0.3 is 5.32 Å². The van der Waals surface area contributed by atoms with Crippen LogP contribution < -0.4 is 5.32 Å². The van der Waals surface area contributed by atoms with Crippen molar-refractivity contribution < 1.29 is 4.79 Å². The molecule has 88 valence electrons. The van der Waals surface area contributed by atoms with E-state index in [2.05, 4.69) is 17.3 Å². The van der Waals surface area contributed by atoms with E-state index in [4.69, 9.17) is 0 Å². The van der Waals surface area contributed by atoms with Crippen LogP contribution >= 0.6 is 0 Å². The molecule has 0 spiro atoms. The molecule has 0 amide bonds. The van der Waals surface area contributed by atoms with E-state index >= 15 is 0 Å². The van der Waals surface area contributed by atoms with Crippen molar-refractivity contribution in [2.75, 3.05) is 13.1 Å². The second kappa shape index (κ2) is 4.78. The van der Waals surface area contributed by atoms with Crippen molar-refractivity contribution in [3.63, 3.8) is 0 Å². The quantitative estimate of drug-likeness (QED) is 0.814. The first kappa shape index (κ1) is 11.3. The maximum Gasteiger partial charge on any atom is 0.143 e. The van der Waals surface area contributed by atoms with Crippen LogP contribution in [-0.4, -0.2) is 28.7 Å². The molecule has 1 atom stereocenters. The molecular formula is C12H19N3O. The molecular weight excluding hydrogens is 202 g/mol. The molecule has 1 aliphatic heterocycles. The van der Waals surface area contributed by atoms with Gasteiger partial charge in [-0.05, 0) is 25.5 Å². The van der Waals surface area contributed by atoms with Crippen LogP contribution in [0, 0.1) is 5.92 Å². The summed E-state index contributed by atoms with van der Waals surface area (Å²) >= 11 is 0. The summed E-state index contributed by atoms with van der Waals surface area (Å²) in [6, 6.07) is 2.04. The third-order valence-corrected chi connectivity index (χ3v) is 3.26. The van der Waals surface area contributed by atoms with Gasteiger partial charge in [-0.2, -0.15) is 5.10 Å². The molecule has 1 unspecified atom stereocenters. The van der Waals surface area contributed by atoms with Crippen LogP contribution in [0.1, 0.15) is 24.7 Å². The van der Waals surface area contributed by atoms with Crippen LogP contribution in [-0.2, 0) is 24.7 Å². The Kier molecular flexibility index (Phi) is 3.39. The minimum atomic E-state index is 0.208. The van der Waals surface area contributed by atoms with E-state index in [1.807, 2.05) is 17.8 Å². The molecule has 0 radical (unpaired) electrons. The van der Waals surface area contributed by atoms with Gasteiger partial charge in [0.2, 0.25) is 0 Å². The summed E-state index contributed by atoms with van der Waals surface area (Å²) in [6.07, 6.45) is 2.43. The van der Waals surface area contributed by atoms with Gasteiger partial charge in [-0.3, -0.25) is 9.48 Å². The maximum atomic E-state index is 12.0. The van der Waals surface area contributed by atoms with Gasteiger partial charge in [-0.15, -0.1) is 0 Å². The monoisotopic (exact) mass is 221 g/mol. The zero-order valence-corrected chi connectivity index (χ0v) is 9.99. The normalized spacial score (nSPS) is 20.2. The van der Waals surface area contributed by atoms with Crippen LogP contribution in [0.25, 0.3) is 0 Å². The van der Waals surface area contributed by atoms with Gasteiger partial charge in [0.05, 0.1) is 5.69 Å². The molecule has 1 saturated heterocycles. The number of hydrogen-bond donors (Lipinski definition) is 1. The van der Waals surface area contributed by atoms with Crippen molar-refractivity contribution in [1.82, 2.24) is 15.1 Å². The van der Waals surface area contributed by atoms with E-state index in [0.717, 1.165) is 37.3 Å². The van der Waals surface area contributed by atoms with Crippen molar-refractivity contribution in [2.45, 2.75) is 26.2 Å². The first-order valence-corrected chi connectivity index (χ1v) is 5.96. The lowest BCUT2D eigenvalue weighted by atomic mass is 9.99. The fraction of sp³-hybridized carbons (Fsp3) is 0.667. The Labute approximate surface area is 96.0 Å². The zero-order chi connectivity index (χ0) is 11.5. The van der Waals surface area contributed by atoms with Gasteiger partial charge in [0, 0.05) is 31.6 Å². The van der Waals surface area contributed by atoms with Crippen molar-refractivity contribution in [3.8, 4) is 0 Å².